The van der Waals surface area contributed by atoms with E-state index in [1.165, 1.54) is 22.2 Å². The zero-order valence-electron chi connectivity index (χ0n) is 12.3. The maximum Gasteiger partial charge on any atom is 0.262 e. The zero-order chi connectivity index (χ0) is 16.1. The number of hydrogen-bond donors (Lipinski definition) is 1. The molecule has 7 heteroatoms. The predicted octanol–water partition coefficient (Wildman–Crippen LogP) is 1.65. The molecule has 6 nitrogen and oxygen atoms in total. The van der Waals surface area contributed by atoms with Crippen LogP contribution in [0.15, 0.2) is 52.9 Å². The van der Waals surface area contributed by atoms with E-state index in [2.05, 4.69) is 10.3 Å². The van der Waals surface area contributed by atoms with Crippen LogP contribution in [0.5, 0.6) is 5.75 Å². The van der Waals surface area contributed by atoms with E-state index in [1.54, 1.807) is 6.07 Å². The normalized spacial score (nSPS) is 10.6. The molecule has 23 heavy (non-hydrogen) atoms. The van der Waals surface area contributed by atoms with Gasteiger partial charge in [0.25, 0.3) is 5.56 Å². The van der Waals surface area contributed by atoms with E-state index in [0.29, 0.717) is 23.4 Å². The first-order chi connectivity index (χ1) is 11.2. The molecule has 3 rings (SSSR count). The molecular formula is C16H15N3O3S. The fourth-order valence-corrected chi connectivity index (χ4v) is 2.82. The first-order valence-electron chi connectivity index (χ1n) is 7.11. The first kappa shape index (κ1) is 15.2. The van der Waals surface area contributed by atoms with Crippen molar-refractivity contribution in [2.24, 2.45) is 0 Å². The Hall–Kier alpha value is -2.67. The lowest BCUT2D eigenvalue weighted by Crippen LogP contribution is -2.34. The van der Waals surface area contributed by atoms with Gasteiger partial charge in [0.1, 0.15) is 23.7 Å². The van der Waals surface area contributed by atoms with Crippen LogP contribution in [0.1, 0.15) is 0 Å². The summed E-state index contributed by atoms with van der Waals surface area (Å²) in [4.78, 5) is 28.9. The van der Waals surface area contributed by atoms with Gasteiger partial charge in [-0.2, -0.15) is 0 Å². The van der Waals surface area contributed by atoms with E-state index in [-0.39, 0.29) is 18.0 Å². The fourth-order valence-electron chi connectivity index (χ4n) is 2.09. The van der Waals surface area contributed by atoms with E-state index in [1.807, 2.05) is 35.7 Å². The molecule has 0 aliphatic rings. The van der Waals surface area contributed by atoms with Crippen molar-refractivity contribution in [2.45, 2.75) is 6.54 Å². The van der Waals surface area contributed by atoms with Crippen LogP contribution in [0.3, 0.4) is 0 Å². The molecule has 0 radical (unpaired) electrons. The van der Waals surface area contributed by atoms with Crippen molar-refractivity contribution in [2.75, 3.05) is 13.2 Å². The van der Waals surface area contributed by atoms with Crippen LogP contribution in [0.4, 0.5) is 0 Å². The van der Waals surface area contributed by atoms with Crippen LogP contribution >= 0.6 is 11.3 Å². The second-order valence-electron chi connectivity index (χ2n) is 4.83. The lowest BCUT2D eigenvalue weighted by atomic mass is 10.3. The van der Waals surface area contributed by atoms with Crippen molar-refractivity contribution >= 4 is 27.5 Å². The number of carbonyl (C=O) groups is 1. The Morgan fingerprint density at radius 2 is 2.09 bits per heavy atom. The fraction of sp³-hybridized carbons (Fsp3) is 0.188. The maximum absolute atomic E-state index is 12.2. The van der Waals surface area contributed by atoms with Crippen LogP contribution in [0, 0.1) is 0 Å². The maximum atomic E-state index is 12.2. The summed E-state index contributed by atoms with van der Waals surface area (Å²) < 4.78 is 6.79. The predicted molar refractivity (Wildman–Crippen MR) is 88.8 cm³/mol. The van der Waals surface area contributed by atoms with Gasteiger partial charge >= 0.3 is 0 Å². The molecule has 1 N–H and O–H groups in total. The van der Waals surface area contributed by atoms with Crippen LogP contribution in [-0.4, -0.2) is 28.6 Å². The highest BCUT2D eigenvalue weighted by atomic mass is 32.1. The Bertz CT molecular complexity index is 858. The van der Waals surface area contributed by atoms with Gasteiger partial charge in [-0.1, -0.05) is 18.2 Å². The average molecular weight is 329 g/mol. The molecule has 0 aliphatic carbocycles. The third kappa shape index (κ3) is 3.75. The molecule has 0 unspecified atom stereocenters. The minimum Gasteiger partial charge on any atom is -0.492 e. The van der Waals surface area contributed by atoms with Crippen LogP contribution in [0.2, 0.25) is 0 Å². The van der Waals surface area contributed by atoms with E-state index in [4.69, 9.17) is 4.74 Å². The Balaban J connectivity index is 1.50. The summed E-state index contributed by atoms with van der Waals surface area (Å²) >= 11 is 1.40. The van der Waals surface area contributed by atoms with E-state index < -0.39 is 0 Å². The highest BCUT2D eigenvalue weighted by Crippen LogP contribution is 2.13. The van der Waals surface area contributed by atoms with Gasteiger partial charge < -0.3 is 10.1 Å². The Kier molecular flexibility index (Phi) is 4.68. The van der Waals surface area contributed by atoms with Gasteiger partial charge in [0.15, 0.2) is 0 Å². The summed E-state index contributed by atoms with van der Waals surface area (Å²) in [6, 6.07) is 11.1. The summed E-state index contributed by atoms with van der Waals surface area (Å²) in [5, 5.41) is 5.07. The molecular weight excluding hydrogens is 314 g/mol. The topological polar surface area (TPSA) is 73.2 Å². The summed E-state index contributed by atoms with van der Waals surface area (Å²) in [6.45, 7) is 0.687. The second kappa shape index (κ2) is 7.06. The number of benzene rings is 1. The van der Waals surface area contributed by atoms with Crippen molar-refractivity contribution in [3.63, 3.8) is 0 Å². The molecule has 0 fully saturated rings. The number of amides is 1. The SMILES string of the molecule is O=C(Cn1cnc2sccc2c1=O)NCCOc1ccccc1. The molecule has 0 saturated heterocycles. The second-order valence-corrected chi connectivity index (χ2v) is 5.72. The molecule has 0 bridgehead atoms. The van der Waals surface area contributed by atoms with Crippen molar-refractivity contribution in [3.8, 4) is 5.75 Å². The minimum absolute atomic E-state index is 0.0526. The number of carbonyl (C=O) groups excluding carboxylic acids is 1. The third-order valence-corrected chi connectivity index (χ3v) is 4.02. The molecule has 0 aliphatic heterocycles. The zero-order valence-corrected chi connectivity index (χ0v) is 13.1. The molecule has 1 amide bonds. The van der Waals surface area contributed by atoms with Gasteiger partial charge in [-0.25, -0.2) is 4.98 Å². The molecule has 0 spiro atoms. The van der Waals surface area contributed by atoms with Gasteiger partial charge in [0, 0.05) is 0 Å². The summed E-state index contributed by atoms with van der Waals surface area (Å²) in [7, 11) is 0. The quantitative estimate of drug-likeness (QED) is 0.698. The Morgan fingerprint density at radius 1 is 1.26 bits per heavy atom. The van der Waals surface area contributed by atoms with Gasteiger partial charge in [0.2, 0.25) is 5.91 Å². The number of ether oxygens (including phenoxy) is 1. The third-order valence-electron chi connectivity index (χ3n) is 3.20. The van der Waals surface area contributed by atoms with Crippen LogP contribution in [-0.2, 0) is 11.3 Å². The number of para-hydroxylation sites is 1. The highest BCUT2D eigenvalue weighted by molar-refractivity contribution is 7.16. The Morgan fingerprint density at radius 3 is 2.91 bits per heavy atom. The smallest absolute Gasteiger partial charge is 0.262 e. The number of aromatic nitrogens is 2. The van der Waals surface area contributed by atoms with Gasteiger partial charge in [-0.05, 0) is 23.6 Å². The summed E-state index contributed by atoms with van der Waals surface area (Å²) in [6.07, 6.45) is 1.40. The first-order valence-corrected chi connectivity index (χ1v) is 7.99. The van der Waals surface area contributed by atoms with Gasteiger partial charge in [0.05, 0.1) is 18.3 Å². The van der Waals surface area contributed by atoms with Gasteiger partial charge in [-0.3, -0.25) is 14.2 Å². The van der Waals surface area contributed by atoms with Crippen LogP contribution < -0.4 is 15.6 Å². The number of rotatable bonds is 6. The molecule has 0 saturated carbocycles. The lowest BCUT2D eigenvalue weighted by molar-refractivity contribution is -0.121. The molecule has 3 aromatic rings. The Labute approximate surface area is 136 Å². The van der Waals surface area contributed by atoms with Crippen LogP contribution in [0.25, 0.3) is 10.2 Å². The van der Waals surface area contributed by atoms with Crippen molar-refractivity contribution < 1.29 is 9.53 Å². The largest absolute Gasteiger partial charge is 0.492 e. The molecule has 1 aromatic carbocycles. The molecule has 0 atom stereocenters. The van der Waals surface area contributed by atoms with E-state index >= 15 is 0 Å². The number of thiophene rings is 1. The standard InChI is InChI=1S/C16H15N3O3S/c20-14(17-7-8-22-12-4-2-1-3-5-12)10-19-11-18-15-13(16(19)21)6-9-23-15/h1-6,9,11H,7-8,10H2,(H,17,20). The average Bonchev–Trinajstić information content (AvgIpc) is 3.05. The number of fused-ring (bicyclic) bond motifs is 1. The summed E-state index contributed by atoms with van der Waals surface area (Å²) in [5.41, 5.74) is -0.202. The molecule has 2 heterocycles. The number of nitrogens with zero attached hydrogens (tertiary/aromatic N) is 2. The van der Waals surface area contributed by atoms with Crippen molar-refractivity contribution in [1.29, 1.82) is 0 Å². The number of hydrogen-bond acceptors (Lipinski definition) is 5. The number of nitrogens with one attached hydrogen (secondary N) is 1. The summed E-state index contributed by atoms with van der Waals surface area (Å²) in [5.74, 6) is 0.505. The lowest BCUT2D eigenvalue weighted by Gasteiger charge is -2.08. The molecule has 2 aromatic heterocycles. The minimum atomic E-state index is -0.250. The van der Waals surface area contributed by atoms with E-state index in [9.17, 15) is 9.59 Å². The highest BCUT2D eigenvalue weighted by Gasteiger charge is 2.08. The van der Waals surface area contributed by atoms with Crippen molar-refractivity contribution in [1.82, 2.24) is 14.9 Å². The van der Waals surface area contributed by atoms with E-state index in [0.717, 1.165) is 5.75 Å². The van der Waals surface area contributed by atoms with Gasteiger partial charge in [-0.15, -0.1) is 11.3 Å². The molecule has 118 valence electrons. The van der Waals surface area contributed by atoms with Crippen molar-refractivity contribution in [3.05, 3.63) is 58.5 Å². The monoisotopic (exact) mass is 329 g/mol.